The van der Waals surface area contributed by atoms with Crippen LogP contribution in [0.3, 0.4) is 0 Å². The third-order valence-corrected chi connectivity index (χ3v) is 8.04. The van der Waals surface area contributed by atoms with Crippen molar-refractivity contribution < 1.29 is 4.79 Å². The van der Waals surface area contributed by atoms with Crippen molar-refractivity contribution in [3.63, 3.8) is 0 Å². The van der Waals surface area contributed by atoms with Gasteiger partial charge in [-0.2, -0.15) is 0 Å². The van der Waals surface area contributed by atoms with Gasteiger partial charge in [0.2, 0.25) is 0 Å². The lowest BCUT2D eigenvalue weighted by Gasteiger charge is -2.41. The molecule has 5 nitrogen and oxygen atoms in total. The lowest BCUT2D eigenvalue weighted by Crippen LogP contribution is -2.52. The zero-order chi connectivity index (χ0) is 26.2. The Balaban J connectivity index is 1.64. The molecule has 1 fully saturated rings. The number of carbonyl (C=O) groups is 1. The minimum absolute atomic E-state index is 0.0616. The molecule has 1 amide bonds. The first-order valence-electron chi connectivity index (χ1n) is 12.6. The van der Waals surface area contributed by atoms with Crippen LogP contribution in [0.1, 0.15) is 54.2 Å². The number of aliphatic imine (C=N–C) groups is 1. The molecular weight excluding hydrogens is 583 g/mol. The Bertz CT molecular complexity index is 1150. The Morgan fingerprint density at radius 1 is 1.25 bits per heavy atom. The highest BCUT2D eigenvalue weighted by Gasteiger charge is 2.30. The third-order valence-electron chi connectivity index (χ3n) is 6.74. The molecule has 2 aromatic carbocycles. The minimum atomic E-state index is 0.0616. The zero-order valence-electron chi connectivity index (χ0n) is 21.6. The van der Waals surface area contributed by atoms with E-state index in [2.05, 4.69) is 59.3 Å². The number of amides is 1. The van der Waals surface area contributed by atoms with Gasteiger partial charge in [-0.05, 0) is 80.0 Å². The maximum atomic E-state index is 13.2. The summed E-state index contributed by atoms with van der Waals surface area (Å²) in [4.78, 5) is 21.9. The summed E-state index contributed by atoms with van der Waals surface area (Å²) < 4.78 is 0.0616. The smallest absolute Gasteiger partial charge is 0.254 e. The quantitative estimate of drug-likeness (QED) is 0.114. The zero-order valence-corrected chi connectivity index (χ0v) is 24.5. The first kappa shape index (κ1) is 28.4. The minimum Gasteiger partial charge on any atom is -0.353 e. The molecule has 36 heavy (non-hydrogen) atoms. The second kappa shape index (κ2) is 13.4. The second-order valence-electron chi connectivity index (χ2n) is 9.18. The molecule has 2 unspecified atom stereocenters. The van der Waals surface area contributed by atoms with Crippen molar-refractivity contribution in [2.45, 2.75) is 51.0 Å². The van der Waals surface area contributed by atoms with Gasteiger partial charge in [-0.1, -0.05) is 72.3 Å². The number of alkyl halides is 1. The van der Waals surface area contributed by atoms with E-state index in [1.54, 1.807) is 0 Å². The molecule has 1 aliphatic rings. The number of benzene rings is 2. The van der Waals surface area contributed by atoms with E-state index in [1.165, 1.54) is 16.7 Å². The van der Waals surface area contributed by atoms with Crippen molar-refractivity contribution in [2.75, 3.05) is 19.6 Å². The number of hydrogen-bond donors (Lipinski definition) is 1. The molecule has 0 saturated carbocycles. The number of allylic oxidation sites excluding steroid dienone is 1. The van der Waals surface area contributed by atoms with E-state index < -0.39 is 0 Å². The van der Waals surface area contributed by atoms with Crippen LogP contribution in [-0.4, -0.2) is 51.4 Å². The van der Waals surface area contributed by atoms with Gasteiger partial charge in [0.05, 0.1) is 16.3 Å². The summed E-state index contributed by atoms with van der Waals surface area (Å²) in [7, 11) is 0. The molecule has 7 heteroatoms. The largest absolute Gasteiger partial charge is 0.353 e. The fourth-order valence-electron chi connectivity index (χ4n) is 4.52. The van der Waals surface area contributed by atoms with Gasteiger partial charge in [-0.3, -0.25) is 10.2 Å². The lowest BCUT2D eigenvalue weighted by atomic mass is 9.98. The molecule has 0 aromatic heterocycles. The van der Waals surface area contributed by atoms with Gasteiger partial charge in [0.25, 0.3) is 5.91 Å². The molecule has 3 rings (SSSR count). The number of hydrogen-bond acceptors (Lipinski definition) is 3. The lowest BCUT2D eigenvalue weighted by molar-refractivity contribution is 0.0662. The standard InChI is InChI=1S/C29H36ClIN4O/c1-5-21(15-22-9-8-10-25(30)16-22)18-33-28(32)26(7-3)35-14-13-34(19-27(35)31)29(36)24-12-11-20(4)23(6-2)17-24/h7-12,16-18,21,27,32H,5-6,13-15,19H2,1-4H3. The van der Waals surface area contributed by atoms with Gasteiger partial charge < -0.3 is 9.80 Å². The summed E-state index contributed by atoms with van der Waals surface area (Å²) in [5.74, 6) is 0.567. The number of halogens is 2. The Labute approximate surface area is 234 Å². The van der Waals surface area contributed by atoms with Crippen molar-refractivity contribution in [3.05, 3.63) is 81.5 Å². The number of aryl methyl sites for hydroxylation is 2. The van der Waals surface area contributed by atoms with E-state index in [9.17, 15) is 4.79 Å². The van der Waals surface area contributed by atoms with Gasteiger partial charge >= 0.3 is 0 Å². The van der Waals surface area contributed by atoms with E-state index in [4.69, 9.17) is 17.0 Å². The fourth-order valence-corrected chi connectivity index (χ4v) is 5.78. The molecule has 0 bridgehead atoms. The number of carbonyl (C=O) groups excluding carboxylic acids is 1. The maximum Gasteiger partial charge on any atom is 0.254 e. The van der Waals surface area contributed by atoms with Gasteiger partial charge in [-0.25, -0.2) is 4.99 Å². The highest BCUT2D eigenvalue weighted by atomic mass is 127. The summed E-state index contributed by atoms with van der Waals surface area (Å²) in [5.41, 5.74) is 5.17. The molecule has 1 heterocycles. The van der Waals surface area contributed by atoms with E-state index in [-0.39, 0.29) is 21.7 Å². The van der Waals surface area contributed by atoms with E-state index in [1.807, 2.05) is 60.5 Å². The summed E-state index contributed by atoms with van der Waals surface area (Å²) in [6.07, 6.45) is 6.54. The highest BCUT2D eigenvalue weighted by molar-refractivity contribution is 14.1. The van der Waals surface area contributed by atoms with Crippen LogP contribution in [0, 0.1) is 18.3 Å². The van der Waals surface area contributed by atoms with Crippen molar-refractivity contribution in [2.24, 2.45) is 10.9 Å². The Morgan fingerprint density at radius 3 is 2.67 bits per heavy atom. The topological polar surface area (TPSA) is 59.8 Å². The Kier molecular flexibility index (Phi) is 10.5. The number of rotatable bonds is 8. The van der Waals surface area contributed by atoms with E-state index >= 15 is 0 Å². The number of nitrogens with zero attached hydrogens (tertiary/aromatic N) is 3. The number of amidine groups is 1. The number of nitrogens with one attached hydrogen (secondary N) is 1. The maximum absolute atomic E-state index is 13.2. The van der Waals surface area contributed by atoms with Crippen LogP contribution in [0.4, 0.5) is 0 Å². The SMILES string of the molecule is CC=C(C(=N)N=CC(CC)Cc1cccc(Cl)c1)N1CCN(C(=O)c2ccc(C)c(CC)c2)CC1I. The molecule has 2 atom stereocenters. The highest BCUT2D eigenvalue weighted by Crippen LogP contribution is 2.24. The fraction of sp³-hybridized carbons (Fsp3) is 0.414. The second-order valence-corrected chi connectivity index (χ2v) is 11.1. The Morgan fingerprint density at radius 2 is 2.03 bits per heavy atom. The first-order valence-corrected chi connectivity index (χ1v) is 14.2. The van der Waals surface area contributed by atoms with Crippen LogP contribution in [-0.2, 0) is 12.8 Å². The summed E-state index contributed by atoms with van der Waals surface area (Å²) >= 11 is 8.51. The molecule has 1 saturated heterocycles. The molecule has 1 N–H and O–H groups in total. The molecule has 0 radical (unpaired) electrons. The predicted molar refractivity (Wildman–Crippen MR) is 160 cm³/mol. The number of piperazine rings is 1. The summed E-state index contributed by atoms with van der Waals surface area (Å²) in [6, 6.07) is 13.9. The monoisotopic (exact) mass is 618 g/mol. The van der Waals surface area contributed by atoms with E-state index in [0.29, 0.717) is 19.6 Å². The van der Waals surface area contributed by atoms with Crippen molar-refractivity contribution in [3.8, 4) is 0 Å². The van der Waals surface area contributed by atoms with Crippen LogP contribution in [0.5, 0.6) is 0 Å². The molecule has 0 aliphatic carbocycles. The molecule has 1 aliphatic heterocycles. The molecular formula is C29H36ClIN4O. The molecule has 192 valence electrons. The molecule has 0 spiro atoms. The third kappa shape index (κ3) is 7.19. The van der Waals surface area contributed by atoms with Crippen LogP contribution < -0.4 is 0 Å². The molecule has 2 aromatic rings. The van der Waals surface area contributed by atoms with Crippen molar-refractivity contribution >= 4 is 52.1 Å². The van der Waals surface area contributed by atoms with Gasteiger partial charge in [-0.15, -0.1) is 0 Å². The van der Waals surface area contributed by atoms with Crippen LogP contribution in [0.15, 0.2) is 59.2 Å². The van der Waals surface area contributed by atoms with Crippen LogP contribution >= 0.6 is 34.2 Å². The average molecular weight is 619 g/mol. The van der Waals surface area contributed by atoms with Crippen molar-refractivity contribution in [1.29, 1.82) is 5.41 Å². The van der Waals surface area contributed by atoms with Crippen molar-refractivity contribution in [1.82, 2.24) is 9.80 Å². The normalized spacial score (nSPS) is 17.5. The van der Waals surface area contributed by atoms with Gasteiger partial charge in [0.1, 0.15) is 0 Å². The Hall–Kier alpha value is -2.19. The van der Waals surface area contributed by atoms with Gasteiger partial charge in [0, 0.05) is 29.9 Å². The van der Waals surface area contributed by atoms with Gasteiger partial charge in [0.15, 0.2) is 5.84 Å². The predicted octanol–water partition coefficient (Wildman–Crippen LogP) is 6.95. The van der Waals surface area contributed by atoms with Crippen LogP contribution in [0.2, 0.25) is 5.02 Å². The first-order chi connectivity index (χ1) is 17.3. The van der Waals surface area contributed by atoms with Crippen LogP contribution in [0.25, 0.3) is 0 Å². The van der Waals surface area contributed by atoms with E-state index in [0.717, 1.165) is 35.5 Å². The average Bonchev–Trinajstić information content (AvgIpc) is 2.87. The summed E-state index contributed by atoms with van der Waals surface area (Å²) in [5, 5.41) is 9.41. The summed E-state index contributed by atoms with van der Waals surface area (Å²) in [6.45, 7) is 10.2.